The van der Waals surface area contributed by atoms with Crippen molar-refractivity contribution in [3.63, 3.8) is 0 Å². The number of halogens is 1. The Bertz CT molecular complexity index is 641. The molecule has 0 fully saturated rings. The van der Waals surface area contributed by atoms with Gasteiger partial charge in [0.1, 0.15) is 5.75 Å². The Balaban J connectivity index is 1.93. The fourth-order valence-electron chi connectivity index (χ4n) is 1.73. The molecule has 5 heteroatoms. The van der Waals surface area contributed by atoms with Gasteiger partial charge in [-0.1, -0.05) is 17.7 Å². The van der Waals surface area contributed by atoms with Crippen LogP contribution >= 0.6 is 11.6 Å². The van der Waals surface area contributed by atoms with Crippen LogP contribution in [-0.4, -0.2) is 22.7 Å². The smallest absolute Gasteiger partial charge is 0.328 e. The van der Waals surface area contributed by atoms with Crippen LogP contribution in [0.4, 0.5) is 0 Å². The van der Waals surface area contributed by atoms with Gasteiger partial charge in [-0.2, -0.15) is 0 Å². The van der Waals surface area contributed by atoms with E-state index in [-0.39, 0.29) is 0 Å². The fourth-order valence-corrected chi connectivity index (χ4v) is 1.98. The highest BCUT2D eigenvalue weighted by atomic mass is 35.5. The van der Waals surface area contributed by atoms with Gasteiger partial charge < -0.3 is 9.84 Å². The van der Waals surface area contributed by atoms with Crippen molar-refractivity contribution < 1.29 is 14.6 Å². The molecule has 4 nitrogen and oxygen atoms in total. The minimum Gasteiger partial charge on any atom is -0.492 e. The zero-order valence-electron chi connectivity index (χ0n) is 11.2. The predicted octanol–water partition coefficient (Wildman–Crippen LogP) is 3.45. The van der Waals surface area contributed by atoms with Crippen LogP contribution in [0.3, 0.4) is 0 Å². The molecule has 0 aliphatic carbocycles. The molecule has 108 valence electrons. The zero-order valence-corrected chi connectivity index (χ0v) is 12.0. The van der Waals surface area contributed by atoms with E-state index >= 15 is 0 Å². The standard InChI is InChI=1S/C16H14ClNO3/c17-14-11-13(2-4-16(19)20)1-3-15(14)21-10-7-12-5-8-18-9-6-12/h1-6,8-9,11H,7,10H2,(H,19,20). The number of carbonyl (C=O) groups is 1. The summed E-state index contributed by atoms with van der Waals surface area (Å²) < 4.78 is 5.63. The lowest BCUT2D eigenvalue weighted by Gasteiger charge is -2.08. The van der Waals surface area contributed by atoms with E-state index in [1.165, 1.54) is 6.08 Å². The number of carboxylic acid groups (broad SMARTS) is 1. The predicted molar refractivity (Wildman–Crippen MR) is 81.6 cm³/mol. The molecule has 0 spiro atoms. The molecular formula is C16H14ClNO3. The lowest BCUT2D eigenvalue weighted by molar-refractivity contribution is -0.131. The highest BCUT2D eigenvalue weighted by Gasteiger charge is 2.02. The second-order valence-corrected chi connectivity index (χ2v) is 4.72. The van der Waals surface area contributed by atoms with Gasteiger partial charge in [0.05, 0.1) is 11.6 Å². The topological polar surface area (TPSA) is 59.4 Å². The Hall–Kier alpha value is -2.33. The zero-order chi connectivity index (χ0) is 15.1. The van der Waals surface area contributed by atoms with Crippen LogP contribution in [-0.2, 0) is 11.2 Å². The second kappa shape index (κ2) is 7.45. The molecule has 0 bridgehead atoms. The Morgan fingerprint density at radius 3 is 2.71 bits per heavy atom. The van der Waals surface area contributed by atoms with E-state index < -0.39 is 5.97 Å². The summed E-state index contributed by atoms with van der Waals surface area (Å²) in [4.78, 5) is 14.4. The van der Waals surface area contributed by atoms with Crippen LogP contribution in [0.1, 0.15) is 11.1 Å². The molecule has 0 atom stereocenters. The maximum Gasteiger partial charge on any atom is 0.328 e. The molecule has 1 aromatic heterocycles. The summed E-state index contributed by atoms with van der Waals surface area (Å²) in [6, 6.07) is 9.03. The van der Waals surface area contributed by atoms with Crippen molar-refractivity contribution >= 4 is 23.6 Å². The van der Waals surface area contributed by atoms with E-state index in [0.29, 0.717) is 22.9 Å². The lowest BCUT2D eigenvalue weighted by atomic mass is 10.2. The van der Waals surface area contributed by atoms with E-state index in [1.807, 2.05) is 12.1 Å². The van der Waals surface area contributed by atoms with Crippen LogP contribution in [0.25, 0.3) is 6.08 Å². The molecule has 0 saturated heterocycles. The molecular weight excluding hydrogens is 290 g/mol. The van der Waals surface area contributed by atoms with Crippen molar-refractivity contribution in [3.05, 3.63) is 65.0 Å². The number of rotatable bonds is 6. The van der Waals surface area contributed by atoms with Crippen molar-refractivity contribution in [2.24, 2.45) is 0 Å². The minimum absolute atomic E-state index is 0.456. The Labute approximate surface area is 127 Å². The highest BCUT2D eigenvalue weighted by Crippen LogP contribution is 2.26. The SMILES string of the molecule is O=C(O)C=Cc1ccc(OCCc2ccncc2)c(Cl)c1. The molecule has 1 heterocycles. The van der Waals surface area contributed by atoms with Crippen LogP contribution < -0.4 is 4.74 Å². The number of pyridine rings is 1. The quantitative estimate of drug-likeness (QED) is 0.830. The van der Waals surface area contributed by atoms with Gasteiger partial charge >= 0.3 is 5.97 Å². The van der Waals surface area contributed by atoms with Crippen LogP contribution in [0, 0.1) is 0 Å². The van der Waals surface area contributed by atoms with E-state index in [9.17, 15) is 4.79 Å². The van der Waals surface area contributed by atoms with E-state index in [1.54, 1.807) is 30.6 Å². The van der Waals surface area contributed by atoms with Gasteiger partial charge in [0.15, 0.2) is 0 Å². The van der Waals surface area contributed by atoms with Gasteiger partial charge in [-0.05, 0) is 41.5 Å². The van der Waals surface area contributed by atoms with Gasteiger partial charge in [0.25, 0.3) is 0 Å². The molecule has 1 N–H and O–H groups in total. The average Bonchev–Trinajstić information content (AvgIpc) is 2.48. The number of aromatic nitrogens is 1. The normalized spacial score (nSPS) is 10.7. The fraction of sp³-hybridized carbons (Fsp3) is 0.125. The van der Waals surface area contributed by atoms with Gasteiger partial charge in [-0.25, -0.2) is 4.79 Å². The summed E-state index contributed by atoms with van der Waals surface area (Å²) >= 11 is 6.11. The first kappa shape index (κ1) is 15.1. The number of carboxylic acids is 1. The summed E-state index contributed by atoms with van der Waals surface area (Å²) in [5.74, 6) is -0.415. The summed E-state index contributed by atoms with van der Waals surface area (Å²) in [7, 11) is 0. The molecule has 0 saturated carbocycles. The molecule has 21 heavy (non-hydrogen) atoms. The van der Waals surface area contributed by atoms with Crippen molar-refractivity contribution in [2.45, 2.75) is 6.42 Å². The number of nitrogens with zero attached hydrogens (tertiary/aromatic N) is 1. The molecule has 0 aliphatic heterocycles. The van der Waals surface area contributed by atoms with Gasteiger partial charge in [0.2, 0.25) is 0 Å². The molecule has 2 rings (SSSR count). The molecule has 0 unspecified atom stereocenters. The monoisotopic (exact) mass is 303 g/mol. The van der Waals surface area contributed by atoms with Crippen LogP contribution in [0.2, 0.25) is 5.02 Å². The third-order valence-corrected chi connectivity index (χ3v) is 3.07. The minimum atomic E-state index is -0.996. The summed E-state index contributed by atoms with van der Waals surface area (Å²) in [6.45, 7) is 0.508. The first-order chi connectivity index (χ1) is 10.1. The van der Waals surface area contributed by atoms with Gasteiger partial charge in [0, 0.05) is 24.9 Å². The van der Waals surface area contributed by atoms with E-state index in [0.717, 1.165) is 18.1 Å². The van der Waals surface area contributed by atoms with E-state index in [2.05, 4.69) is 4.98 Å². The highest BCUT2D eigenvalue weighted by molar-refractivity contribution is 6.32. The van der Waals surface area contributed by atoms with Crippen LogP contribution in [0.15, 0.2) is 48.8 Å². The molecule has 1 aromatic carbocycles. The van der Waals surface area contributed by atoms with Gasteiger partial charge in [-0.15, -0.1) is 0 Å². The van der Waals surface area contributed by atoms with Crippen molar-refractivity contribution in [2.75, 3.05) is 6.61 Å². The van der Waals surface area contributed by atoms with Crippen molar-refractivity contribution in [1.29, 1.82) is 0 Å². The number of hydrogen-bond acceptors (Lipinski definition) is 3. The first-order valence-corrected chi connectivity index (χ1v) is 6.75. The molecule has 0 aliphatic rings. The van der Waals surface area contributed by atoms with E-state index in [4.69, 9.17) is 21.4 Å². The number of aliphatic carboxylic acids is 1. The van der Waals surface area contributed by atoms with Crippen molar-refractivity contribution in [3.8, 4) is 5.75 Å². The maximum absolute atomic E-state index is 10.5. The number of ether oxygens (including phenoxy) is 1. The van der Waals surface area contributed by atoms with Crippen LogP contribution in [0.5, 0.6) is 5.75 Å². The largest absolute Gasteiger partial charge is 0.492 e. The Morgan fingerprint density at radius 1 is 1.29 bits per heavy atom. The molecule has 2 aromatic rings. The maximum atomic E-state index is 10.5. The Morgan fingerprint density at radius 2 is 2.05 bits per heavy atom. The lowest BCUT2D eigenvalue weighted by Crippen LogP contribution is -2.01. The number of benzene rings is 1. The average molecular weight is 304 g/mol. The number of hydrogen-bond donors (Lipinski definition) is 1. The summed E-state index contributed by atoms with van der Waals surface area (Å²) in [6.07, 6.45) is 6.79. The second-order valence-electron chi connectivity index (χ2n) is 4.32. The van der Waals surface area contributed by atoms with Crippen molar-refractivity contribution in [1.82, 2.24) is 4.98 Å². The summed E-state index contributed by atoms with van der Waals surface area (Å²) in [5.41, 5.74) is 1.85. The first-order valence-electron chi connectivity index (χ1n) is 6.37. The Kier molecular flexibility index (Phi) is 5.35. The third-order valence-electron chi connectivity index (χ3n) is 2.77. The molecule has 0 radical (unpaired) electrons. The molecule has 0 amide bonds. The third kappa shape index (κ3) is 4.93. The van der Waals surface area contributed by atoms with Gasteiger partial charge in [-0.3, -0.25) is 4.98 Å². The summed E-state index contributed by atoms with van der Waals surface area (Å²) in [5, 5.41) is 9.03.